The molecule has 0 amide bonds. The maximum atomic E-state index is 9.55. The molecule has 2 saturated heterocycles. The fraction of sp³-hybridized carbons (Fsp3) is 0.429. The first-order valence-electron chi connectivity index (χ1n) is 12.5. The summed E-state index contributed by atoms with van der Waals surface area (Å²) in [6.45, 7) is 7.10. The monoisotopic (exact) mass is 468 g/mol. The number of piperazine rings is 1. The zero-order chi connectivity index (χ0) is 24.1. The van der Waals surface area contributed by atoms with Crippen molar-refractivity contribution in [1.29, 1.82) is 5.26 Å². The van der Waals surface area contributed by atoms with Gasteiger partial charge in [0.25, 0.3) is 0 Å². The number of ether oxygens (including phenoxy) is 1. The number of nitrogens with one attached hydrogen (secondary N) is 1. The fourth-order valence-electron chi connectivity index (χ4n) is 6.33. The topological polar surface area (TPSA) is 67.7 Å². The molecule has 0 radical (unpaired) electrons. The number of methoxy groups -OCH3 is 1. The Morgan fingerprint density at radius 2 is 1.97 bits per heavy atom. The summed E-state index contributed by atoms with van der Waals surface area (Å²) in [7, 11) is 3.82. The van der Waals surface area contributed by atoms with Gasteiger partial charge in [-0.1, -0.05) is 6.07 Å². The number of anilines is 2. The molecule has 0 aliphatic carbocycles. The average Bonchev–Trinajstić information content (AvgIpc) is 3.49. The minimum absolute atomic E-state index is 0.213. The van der Waals surface area contributed by atoms with Crippen LogP contribution in [0.3, 0.4) is 0 Å². The van der Waals surface area contributed by atoms with Gasteiger partial charge in [-0.3, -0.25) is 9.88 Å². The van der Waals surface area contributed by atoms with Crippen LogP contribution < -0.4 is 15.1 Å². The van der Waals surface area contributed by atoms with Crippen LogP contribution in [0.4, 0.5) is 11.4 Å². The molecule has 7 heteroatoms. The Morgan fingerprint density at radius 1 is 1.09 bits per heavy atom. The van der Waals surface area contributed by atoms with Crippen molar-refractivity contribution in [2.24, 2.45) is 0 Å². The van der Waals surface area contributed by atoms with E-state index in [4.69, 9.17) is 4.74 Å². The van der Waals surface area contributed by atoms with Gasteiger partial charge in [-0.2, -0.15) is 5.26 Å². The Morgan fingerprint density at radius 3 is 2.74 bits per heavy atom. The zero-order valence-corrected chi connectivity index (χ0v) is 20.6. The Hall–Kier alpha value is -3.18. The van der Waals surface area contributed by atoms with Gasteiger partial charge in [0.15, 0.2) is 0 Å². The molecular formula is C28H32N6O. The third-order valence-electron chi connectivity index (χ3n) is 8.20. The molecule has 6 rings (SSSR count). The first-order chi connectivity index (χ1) is 17.1. The van der Waals surface area contributed by atoms with Gasteiger partial charge in [0, 0.05) is 68.8 Å². The highest BCUT2D eigenvalue weighted by atomic mass is 16.5. The SMILES string of the molecule is CN[C@H]1CN(c2ccc3c(c2)CN2C3CN(c3ccc(C#N)c4ncccc34)C[C@H]2C)C[C@@H]1OC. The standard InChI is InChI=1S/C28H32N6O/c1-18-13-33(25-9-6-19(12-29)28-23(25)5-4-10-31-28)16-26-22-8-7-21(11-20(22)14-34(18)26)32-15-24(30-2)27(17-32)35-3/h4-11,18,24,26-27,30H,13-17H2,1-3H3/t18-,24+,26?,27+/m1/s1. The van der Waals surface area contributed by atoms with Gasteiger partial charge < -0.3 is 19.9 Å². The van der Waals surface area contributed by atoms with E-state index in [-0.39, 0.29) is 6.10 Å². The number of benzene rings is 2. The smallest absolute Gasteiger partial charge is 0.101 e. The number of fused-ring (bicyclic) bond motifs is 4. The summed E-state index contributed by atoms with van der Waals surface area (Å²) < 4.78 is 5.71. The van der Waals surface area contributed by atoms with Crippen LogP contribution in [0.1, 0.15) is 29.7 Å². The zero-order valence-electron chi connectivity index (χ0n) is 20.6. The van der Waals surface area contributed by atoms with Gasteiger partial charge in [0.05, 0.1) is 29.3 Å². The molecule has 0 saturated carbocycles. The lowest BCUT2D eigenvalue weighted by Gasteiger charge is -2.43. The normalized spacial score (nSPS) is 26.1. The van der Waals surface area contributed by atoms with E-state index in [2.05, 4.69) is 68.3 Å². The maximum Gasteiger partial charge on any atom is 0.101 e. The predicted molar refractivity (Wildman–Crippen MR) is 139 cm³/mol. The molecule has 1 unspecified atom stereocenters. The number of likely N-dealkylation sites (N-methyl/N-ethyl adjacent to an activating group) is 1. The number of rotatable bonds is 4. The van der Waals surface area contributed by atoms with Crippen molar-refractivity contribution in [3.63, 3.8) is 0 Å². The Balaban J connectivity index is 1.29. The van der Waals surface area contributed by atoms with Gasteiger partial charge in [-0.25, -0.2) is 0 Å². The van der Waals surface area contributed by atoms with Gasteiger partial charge in [-0.15, -0.1) is 0 Å². The largest absolute Gasteiger partial charge is 0.378 e. The summed E-state index contributed by atoms with van der Waals surface area (Å²) in [5.41, 5.74) is 6.76. The van der Waals surface area contributed by atoms with Crippen LogP contribution in [0.5, 0.6) is 0 Å². The minimum Gasteiger partial charge on any atom is -0.378 e. The molecule has 4 heterocycles. The van der Waals surface area contributed by atoms with Crippen LogP contribution in [0, 0.1) is 11.3 Å². The van der Waals surface area contributed by atoms with Gasteiger partial charge in [-0.05, 0) is 61.5 Å². The first-order valence-corrected chi connectivity index (χ1v) is 12.5. The van der Waals surface area contributed by atoms with Crippen molar-refractivity contribution in [3.05, 3.63) is 65.4 Å². The van der Waals surface area contributed by atoms with Crippen LogP contribution in [-0.4, -0.2) is 68.4 Å². The molecule has 0 bridgehead atoms. The number of hydrogen-bond acceptors (Lipinski definition) is 7. The molecule has 3 aliphatic heterocycles. The van der Waals surface area contributed by atoms with Crippen LogP contribution in [0.25, 0.3) is 10.9 Å². The highest BCUT2D eigenvalue weighted by Crippen LogP contribution is 2.42. The molecule has 35 heavy (non-hydrogen) atoms. The Labute approximate surface area is 206 Å². The van der Waals surface area contributed by atoms with Crippen molar-refractivity contribution < 1.29 is 4.74 Å². The maximum absolute atomic E-state index is 9.55. The number of hydrogen-bond donors (Lipinski definition) is 1. The average molecular weight is 469 g/mol. The van der Waals surface area contributed by atoms with Crippen molar-refractivity contribution in [2.75, 3.05) is 50.1 Å². The van der Waals surface area contributed by atoms with Crippen molar-refractivity contribution in [1.82, 2.24) is 15.2 Å². The molecule has 2 fully saturated rings. The van der Waals surface area contributed by atoms with E-state index in [9.17, 15) is 5.26 Å². The lowest BCUT2D eigenvalue weighted by atomic mass is 9.99. The molecule has 0 spiro atoms. The van der Waals surface area contributed by atoms with E-state index in [1.165, 1.54) is 22.5 Å². The summed E-state index contributed by atoms with van der Waals surface area (Å²) in [6.07, 6.45) is 1.98. The lowest BCUT2D eigenvalue weighted by Crippen LogP contribution is -2.51. The summed E-state index contributed by atoms with van der Waals surface area (Å²) >= 11 is 0. The molecule has 3 aromatic rings. The van der Waals surface area contributed by atoms with Gasteiger partial charge >= 0.3 is 0 Å². The summed E-state index contributed by atoms with van der Waals surface area (Å²) in [6, 6.07) is 18.5. The van der Waals surface area contributed by atoms with E-state index in [0.717, 1.165) is 43.6 Å². The number of nitrogens with zero attached hydrogens (tertiary/aromatic N) is 5. The third kappa shape index (κ3) is 3.64. The first kappa shape index (κ1) is 22.3. The van der Waals surface area contributed by atoms with Crippen LogP contribution >= 0.6 is 0 Å². The molecule has 4 atom stereocenters. The number of aromatic nitrogens is 1. The second kappa shape index (κ2) is 8.80. The molecule has 7 nitrogen and oxygen atoms in total. The highest BCUT2D eigenvalue weighted by molar-refractivity contribution is 5.95. The molecule has 2 aromatic carbocycles. The van der Waals surface area contributed by atoms with Crippen LogP contribution in [0.2, 0.25) is 0 Å². The number of nitriles is 1. The van der Waals surface area contributed by atoms with Gasteiger partial charge in [0.1, 0.15) is 6.07 Å². The second-order valence-corrected chi connectivity index (χ2v) is 10.0. The molecular weight excluding hydrogens is 436 g/mol. The minimum atomic E-state index is 0.213. The summed E-state index contributed by atoms with van der Waals surface area (Å²) in [5.74, 6) is 0. The Bertz CT molecular complexity index is 1290. The predicted octanol–water partition coefficient (Wildman–Crippen LogP) is 3.29. The Kier molecular flexibility index (Phi) is 5.60. The highest BCUT2D eigenvalue weighted by Gasteiger charge is 2.40. The van der Waals surface area contributed by atoms with Crippen molar-refractivity contribution in [2.45, 2.75) is 37.7 Å². The fourth-order valence-corrected chi connectivity index (χ4v) is 6.33. The molecule has 1 N–H and O–H groups in total. The van der Waals surface area contributed by atoms with E-state index in [0.29, 0.717) is 23.7 Å². The van der Waals surface area contributed by atoms with E-state index in [1.807, 2.05) is 19.2 Å². The van der Waals surface area contributed by atoms with E-state index < -0.39 is 0 Å². The number of pyridine rings is 1. The molecule has 180 valence electrons. The third-order valence-corrected chi connectivity index (χ3v) is 8.20. The van der Waals surface area contributed by atoms with E-state index >= 15 is 0 Å². The van der Waals surface area contributed by atoms with Crippen molar-refractivity contribution in [3.8, 4) is 6.07 Å². The summed E-state index contributed by atoms with van der Waals surface area (Å²) in [5, 5.41) is 14.0. The van der Waals surface area contributed by atoms with E-state index in [1.54, 1.807) is 13.3 Å². The van der Waals surface area contributed by atoms with Gasteiger partial charge in [0.2, 0.25) is 0 Å². The van der Waals surface area contributed by atoms with Crippen LogP contribution in [0.15, 0.2) is 48.7 Å². The molecule has 3 aliphatic rings. The lowest BCUT2D eigenvalue weighted by molar-refractivity contribution is 0.0996. The second-order valence-electron chi connectivity index (χ2n) is 10.0. The quantitative estimate of drug-likeness (QED) is 0.630. The molecule has 1 aromatic heterocycles. The van der Waals surface area contributed by atoms with Crippen molar-refractivity contribution >= 4 is 22.3 Å². The van der Waals surface area contributed by atoms with Crippen LogP contribution in [-0.2, 0) is 11.3 Å². The summed E-state index contributed by atoms with van der Waals surface area (Å²) in [4.78, 5) is 12.1.